The molecular formula is C28H28F2N6O4S. The highest BCUT2D eigenvalue weighted by Gasteiger charge is 2.28. The van der Waals surface area contributed by atoms with Crippen LogP contribution in [0.15, 0.2) is 66.1 Å². The second-order valence-corrected chi connectivity index (χ2v) is 12.3. The predicted octanol–water partition coefficient (Wildman–Crippen LogP) is 4.87. The van der Waals surface area contributed by atoms with Crippen molar-refractivity contribution in [3.63, 3.8) is 0 Å². The maximum absolute atomic E-state index is 14.1. The molecule has 0 saturated carbocycles. The molecule has 1 fully saturated rings. The third-order valence-corrected chi connectivity index (χ3v) is 7.74. The minimum Gasteiger partial charge on any atom is -0.444 e. The first-order chi connectivity index (χ1) is 19.4. The van der Waals surface area contributed by atoms with Crippen LogP contribution in [0.4, 0.5) is 25.1 Å². The van der Waals surface area contributed by atoms with Gasteiger partial charge in [0.25, 0.3) is 10.0 Å². The molecule has 1 atom stereocenters. The molecule has 214 valence electrons. The maximum Gasteiger partial charge on any atom is 0.407 e. The topological polar surface area (TPSA) is 126 Å². The van der Waals surface area contributed by atoms with Crippen molar-refractivity contribution in [2.75, 3.05) is 22.7 Å². The molecule has 2 aromatic heterocycles. The van der Waals surface area contributed by atoms with Gasteiger partial charge in [0.2, 0.25) is 0 Å². The zero-order chi connectivity index (χ0) is 29.4. The van der Waals surface area contributed by atoms with E-state index in [0.717, 1.165) is 23.1 Å². The third-order valence-electron chi connectivity index (χ3n) is 6.33. The number of rotatable bonds is 6. The maximum atomic E-state index is 14.1. The van der Waals surface area contributed by atoms with Crippen LogP contribution in [0.5, 0.6) is 0 Å². The number of fused-ring (bicyclic) bond motifs is 1. The lowest BCUT2D eigenvalue weighted by atomic mass is 10.0. The number of nitrogens with one attached hydrogen (secondary N) is 2. The van der Waals surface area contributed by atoms with Crippen LogP contribution >= 0.6 is 0 Å². The zero-order valence-electron chi connectivity index (χ0n) is 22.6. The lowest BCUT2D eigenvalue weighted by molar-refractivity contribution is 0.0509. The van der Waals surface area contributed by atoms with E-state index in [0.29, 0.717) is 42.5 Å². The molecule has 0 spiro atoms. The number of alkyl carbamates (subject to hydrolysis) is 1. The number of carbonyl (C=O) groups is 1. The molecule has 1 amide bonds. The molecular weight excluding hydrogens is 554 g/mol. The lowest BCUT2D eigenvalue weighted by Crippen LogP contribution is -2.40. The Hall–Kier alpha value is -4.39. The third kappa shape index (κ3) is 6.51. The molecule has 5 rings (SSSR count). The highest BCUT2D eigenvalue weighted by molar-refractivity contribution is 7.92. The first kappa shape index (κ1) is 28.1. The Morgan fingerprint density at radius 2 is 1.85 bits per heavy atom. The number of nitrogens with zero attached hydrogens (tertiary/aromatic N) is 4. The summed E-state index contributed by atoms with van der Waals surface area (Å²) in [5.41, 5.74) is 1.53. The molecule has 0 unspecified atom stereocenters. The number of pyridine rings is 1. The Kier molecular flexibility index (Phi) is 7.47. The number of anilines is 2. The number of aromatic nitrogens is 3. The summed E-state index contributed by atoms with van der Waals surface area (Å²) in [7, 11) is -4.33. The first-order valence-corrected chi connectivity index (χ1v) is 14.3. The average molecular weight is 583 g/mol. The number of sulfonamides is 1. The van der Waals surface area contributed by atoms with Gasteiger partial charge in [-0.25, -0.2) is 32.0 Å². The molecule has 1 aliphatic heterocycles. The molecule has 41 heavy (non-hydrogen) atoms. The van der Waals surface area contributed by atoms with Crippen molar-refractivity contribution in [1.82, 2.24) is 20.3 Å². The molecule has 0 radical (unpaired) electrons. The number of ether oxygens (including phenoxy) is 1. The molecule has 1 aliphatic rings. The summed E-state index contributed by atoms with van der Waals surface area (Å²) >= 11 is 0. The summed E-state index contributed by atoms with van der Waals surface area (Å²) in [5, 5.41) is 3.68. The zero-order valence-corrected chi connectivity index (χ0v) is 23.4. The Morgan fingerprint density at radius 3 is 2.61 bits per heavy atom. The summed E-state index contributed by atoms with van der Waals surface area (Å²) in [6.07, 6.45) is 4.59. The van der Waals surface area contributed by atoms with E-state index in [2.05, 4.69) is 29.9 Å². The minimum atomic E-state index is -4.33. The van der Waals surface area contributed by atoms with E-state index in [1.54, 1.807) is 12.3 Å². The van der Waals surface area contributed by atoms with Crippen LogP contribution in [-0.2, 0) is 14.8 Å². The van der Waals surface area contributed by atoms with Crippen LogP contribution in [0.3, 0.4) is 0 Å². The summed E-state index contributed by atoms with van der Waals surface area (Å²) in [4.78, 5) is 26.7. The Balaban J connectivity index is 1.38. The van der Waals surface area contributed by atoms with Crippen LogP contribution in [0.1, 0.15) is 27.2 Å². The first-order valence-electron chi connectivity index (χ1n) is 12.8. The number of amides is 1. The largest absolute Gasteiger partial charge is 0.444 e. The molecule has 2 aromatic carbocycles. The molecule has 2 N–H and O–H groups in total. The van der Waals surface area contributed by atoms with Crippen molar-refractivity contribution in [1.29, 1.82) is 0 Å². The van der Waals surface area contributed by atoms with E-state index in [1.807, 2.05) is 39.0 Å². The Morgan fingerprint density at radius 1 is 1.05 bits per heavy atom. The van der Waals surface area contributed by atoms with E-state index in [9.17, 15) is 22.0 Å². The Bertz CT molecular complexity index is 1730. The van der Waals surface area contributed by atoms with Crippen molar-refractivity contribution in [2.45, 2.75) is 43.7 Å². The van der Waals surface area contributed by atoms with E-state index in [-0.39, 0.29) is 11.7 Å². The van der Waals surface area contributed by atoms with Crippen LogP contribution < -0.4 is 14.9 Å². The second-order valence-electron chi connectivity index (χ2n) is 10.6. The highest BCUT2D eigenvalue weighted by atomic mass is 32.2. The van der Waals surface area contributed by atoms with Crippen molar-refractivity contribution in [3.8, 4) is 11.1 Å². The molecule has 3 heterocycles. The molecule has 0 bridgehead atoms. The van der Waals surface area contributed by atoms with E-state index >= 15 is 0 Å². The van der Waals surface area contributed by atoms with E-state index in [1.165, 1.54) is 12.5 Å². The van der Waals surface area contributed by atoms with Gasteiger partial charge < -0.3 is 15.0 Å². The van der Waals surface area contributed by atoms with Gasteiger partial charge in [-0.3, -0.25) is 9.71 Å². The number of benzene rings is 2. The SMILES string of the molecule is CC(C)(C)OC(=O)N[C@@H]1CCN(c2ncnc3ccc(-c4cncc(NS(=O)(=O)c5ccc(F)cc5F)c4)cc23)C1. The highest BCUT2D eigenvalue weighted by Crippen LogP contribution is 2.31. The number of carbonyl (C=O) groups excluding carboxylic acids is 1. The van der Waals surface area contributed by atoms with E-state index in [4.69, 9.17) is 4.74 Å². The van der Waals surface area contributed by atoms with Gasteiger partial charge >= 0.3 is 6.09 Å². The molecule has 13 heteroatoms. The molecule has 0 aliphatic carbocycles. The molecule has 1 saturated heterocycles. The van der Waals surface area contributed by atoms with Crippen molar-refractivity contribution >= 4 is 38.5 Å². The summed E-state index contributed by atoms with van der Waals surface area (Å²) < 4.78 is 60.6. The summed E-state index contributed by atoms with van der Waals surface area (Å²) in [6.45, 7) is 6.63. The van der Waals surface area contributed by atoms with Gasteiger partial charge in [-0.05, 0) is 63.1 Å². The summed E-state index contributed by atoms with van der Waals surface area (Å²) in [6, 6.07) is 9.23. The molecule has 4 aromatic rings. The number of hydrogen-bond donors (Lipinski definition) is 2. The van der Waals surface area contributed by atoms with Crippen molar-refractivity contribution in [2.24, 2.45) is 0 Å². The van der Waals surface area contributed by atoms with Gasteiger partial charge in [-0.1, -0.05) is 6.07 Å². The van der Waals surface area contributed by atoms with Crippen LogP contribution in [0, 0.1) is 11.6 Å². The number of hydrogen-bond acceptors (Lipinski definition) is 8. The van der Waals surface area contributed by atoms with E-state index < -0.39 is 38.2 Å². The fourth-order valence-electron chi connectivity index (χ4n) is 4.58. The Labute approximate surface area is 235 Å². The fourth-order valence-corrected chi connectivity index (χ4v) is 5.67. The van der Waals surface area contributed by atoms with Gasteiger partial charge in [0.1, 0.15) is 34.3 Å². The van der Waals surface area contributed by atoms with Gasteiger partial charge in [-0.2, -0.15) is 0 Å². The molecule has 10 nitrogen and oxygen atoms in total. The van der Waals surface area contributed by atoms with Crippen LogP contribution in [-0.4, -0.2) is 54.2 Å². The van der Waals surface area contributed by atoms with Gasteiger partial charge in [0.15, 0.2) is 0 Å². The summed E-state index contributed by atoms with van der Waals surface area (Å²) in [5.74, 6) is -1.38. The minimum absolute atomic E-state index is 0.103. The normalized spacial score (nSPS) is 15.6. The average Bonchev–Trinajstić information content (AvgIpc) is 3.34. The van der Waals surface area contributed by atoms with Crippen LogP contribution in [0.25, 0.3) is 22.0 Å². The fraction of sp³-hybridized carbons (Fsp3) is 0.286. The van der Waals surface area contributed by atoms with Crippen LogP contribution in [0.2, 0.25) is 0 Å². The quantitative estimate of drug-likeness (QED) is 0.330. The second kappa shape index (κ2) is 10.9. The van der Waals surface area contributed by atoms with Crippen molar-refractivity contribution in [3.05, 3.63) is 72.8 Å². The lowest BCUT2D eigenvalue weighted by Gasteiger charge is -2.22. The smallest absolute Gasteiger partial charge is 0.407 e. The predicted molar refractivity (Wildman–Crippen MR) is 150 cm³/mol. The number of halogens is 2. The standard InChI is InChI=1S/C28H28F2N6O4S/c1-28(2,3)40-27(37)34-20-8-9-36(15-20)26-22-11-17(4-6-24(22)32-16-33-26)18-10-21(14-31-13-18)35-41(38,39)25-7-5-19(29)12-23(25)30/h4-7,10-14,16,20,35H,8-9,15H2,1-3H3,(H,34,37)/t20-/m1/s1. The van der Waals surface area contributed by atoms with Crippen molar-refractivity contribution < 1.29 is 26.7 Å². The van der Waals surface area contributed by atoms with Gasteiger partial charge in [0, 0.05) is 36.3 Å². The monoisotopic (exact) mass is 582 g/mol. The van der Waals surface area contributed by atoms with Gasteiger partial charge in [-0.15, -0.1) is 0 Å². The van der Waals surface area contributed by atoms with Gasteiger partial charge in [0.05, 0.1) is 23.4 Å².